The number of amides is 1. The van der Waals surface area contributed by atoms with E-state index >= 15 is 0 Å². The van der Waals surface area contributed by atoms with E-state index in [9.17, 15) is 9.59 Å². The van der Waals surface area contributed by atoms with E-state index < -0.39 is 0 Å². The molecule has 0 saturated heterocycles. The number of nitrogens with one attached hydrogen (secondary N) is 1. The van der Waals surface area contributed by atoms with Crippen molar-refractivity contribution in [2.75, 3.05) is 16.9 Å². The van der Waals surface area contributed by atoms with E-state index in [0.29, 0.717) is 16.1 Å². The third-order valence-electron chi connectivity index (χ3n) is 4.49. The number of carbonyl (C=O) groups is 1. The molecule has 3 aromatic rings. The molecular formula is C19H18N4O2S. The summed E-state index contributed by atoms with van der Waals surface area (Å²) in [4.78, 5) is 28.9. The summed E-state index contributed by atoms with van der Waals surface area (Å²) in [6.45, 7) is 0. The Bertz CT molecular complexity index is 1060. The number of carbonyl (C=O) groups excluding carboxylic acids is 1. The molecule has 0 saturated carbocycles. The molecule has 1 heterocycles. The summed E-state index contributed by atoms with van der Waals surface area (Å²) in [6.07, 6.45) is 3.35. The van der Waals surface area contributed by atoms with Crippen LogP contribution >= 0.6 is 11.8 Å². The molecule has 1 aliphatic rings. The maximum absolute atomic E-state index is 12.3. The number of aromatic nitrogens is 2. The highest BCUT2D eigenvalue weighted by atomic mass is 32.2. The summed E-state index contributed by atoms with van der Waals surface area (Å²) in [7, 11) is 0. The van der Waals surface area contributed by atoms with Crippen LogP contribution in [-0.4, -0.2) is 21.3 Å². The number of para-hydroxylation sites is 1. The van der Waals surface area contributed by atoms with Crippen LogP contribution in [0.15, 0.2) is 52.4 Å². The summed E-state index contributed by atoms with van der Waals surface area (Å²) in [5.41, 5.74) is 3.72. The minimum atomic E-state index is -0.322. The van der Waals surface area contributed by atoms with Crippen LogP contribution in [0, 0.1) is 0 Å². The van der Waals surface area contributed by atoms with Gasteiger partial charge < -0.3 is 11.2 Å². The van der Waals surface area contributed by atoms with Gasteiger partial charge in [0.1, 0.15) is 0 Å². The van der Waals surface area contributed by atoms with Gasteiger partial charge in [-0.1, -0.05) is 30.0 Å². The Morgan fingerprint density at radius 1 is 1.19 bits per heavy atom. The van der Waals surface area contributed by atoms with E-state index in [2.05, 4.69) is 16.4 Å². The van der Waals surface area contributed by atoms with Gasteiger partial charge in [-0.15, -0.1) is 0 Å². The number of fused-ring (bicyclic) bond motifs is 2. The summed E-state index contributed by atoms with van der Waals surface area (Å²) in [5.74, 6) is 5.81. The van der Waals surface area contributed by atoms with Gasteiger partial charge in [0.2, 0.25) is 5.91 Å². The fourth-order valence-electron chi connectivity index (χ4n) is 3.20. The SMILES string of the molecule is Nn1c(SCC(=O)Nc2ccc3c(c2)CCC3)nc2ccccc2c1=O. The lowest BCUT2D eigenvalue weighted by molar-refractivity contribution is -0.113. The molecule has 1 amide bonds. The molecular weight excluding hydrogens is 348 g/mol. The number of anilines is 1. The smallest absolute Gasteiger partial charge is 0.280 e. The highest BCUT2D eigenvalue weighted by molar-refractivity contribution is 7.99. The van der Waals surface area contributed by atoms with Crippen LogP contribution < -0.4 is 16.7 Å². The van der Waals surface area contributed by atoms with Crippen molar-refractivity contribution in [1.29, 1.82) is 0 Å². The first-order valence-corrected chi connectivity index (χ1v) is 9.42. The predicted molar refractivity (Wildman–Crippen MR) is 104 cm³/mol. The molecule has 6 nitrogen and oxygen atoms in total. The van der Waals surface area contributed by atoms with Gasteiger partial charge in [0, 0.05) is 5.69 Å². The molecule has 0 radical (unpaired) electrons. The first-order valence-electron chi connectivity index (χ1n) is 8.43. The second-order valence-electron chi connectivity index (χ2n) is 6.26. The van der Waals surface area contributed by atoms with Crippen LogP contribution in [0.4, 0.5) is 5.69 Å². The topological polar surface area (TPSA) is 90.0 Å². The summed E-state index contributed by atoms with van der Waals surface area (Å²) >= 11 is 1.14. The van der Waals surface area contributed by atoms with Gasteiger partial charge >= 0.3 is 0 Å². The molecule has 0 unspecified atom stereocenters. The lowest BCUT2D eigenvalue weighted by Gasteiger charge is -2.09. The summed E-state index contributed by atoms with van der Waals surface area (Å²) in [6, 6.07) is 13.1. The average Bonchev–Trinajstić information content (AvgIpc) is 3.11. The number of rotatable bonds is 4. The van der Waals surface area contributed by atoms with Crippen LogP contribution in [-0.2, 0) is 17.6 Å². The molecule has 3 N–H and O–H groups in total. The number of benzene rings is 2. The predicted octanol–water partition coefficient (Wildman–Crippen LogP) is 2.33. The van der Waals surface area contributed by atoms with Gasteiger partial charge in [-0.25, -0.2) is 9.66 Å². The first kappa shape index (κ1) is 16.7. The van der Waals surface area contributed by atoms with Crippen LogP contribution in [0.1, 0.15) is 17.5 Å². The standard InChI is InChI=1S/C19H18N4O2S/c20-23-18(25)15-6-1-2-7-16(15)22-19(23)26-11-17(24)21-14-9-8-12-4-3-5-13(12)10-14/h1-2,6-10H,3-5,11,20H2,(H,21,24). The molecule has 0 bridgehead atoms. The van der Waals surface area contributed by atoms with Gasteiger partial charge in [0.05, 0.1) is 16.7 Å². The summed E-state index contributed by atoms with van der Waals surface area (Å²) in [5, 5.41) is 3.67. The second-order valence-corrected chi connectivity index (χ2v) is 7.20. The van der Waals surface area contributed by atoms with Crippen molar-refractivity contribution in [2.24, 2.45) is 0 Å². The highest BCUT2D eigenvalue weighted by Gasteiger charge is 2.14. The zero-order chi connectivity index (χ0) is 18.1. The van der Waals surface area contributed by atoms with Crippen molar-refractivity contribution in [3.8, 4) is 0 Å². The summed E-state index contributed by atoms with van der Waals surface area (Å²) < 4.78 is 0.996. The maximum atomic E-state index is 12.3. The van der Waals surface area contributed by atoms with Crippen molar-refractivity contribution < 1.29 is 4.79 Å². The number of nitrogens with zero attached hydrogens (tertiary/aromatic N) is 2. The molecule has 4 rings (SSSR count). The van der Waals surface area contributed by atoms with Gasteiger partial charge in [-0.2, -0.15) is 0 Å². The Morgan fingerprint density at radius 3 is 2.88 bits per heavy atom. The minimum absolute atomic E-state index is 0.124. The van der Waals surface area contributed by atoms with Crippen LogP contribution in [0.25, 0.3) is 10.9 Å². The molecule has 26 heavy (non-hydrogen) atoms. The molecule has 1 aliphatic carbocycles. The molecule has 1 aromatic heterocycles. The molecule has 7 heteroatoms. The van der Waals surface area contributed by atoms with Gasteiger partial charge in [0.15, 0.2) is 5.16 Å². The minimum Gasteiger partial charge on any atom is -0.334 e. The van der Waals surface area contributed by atoms with Crippen molar-refractivity contribution in [1.82, 2.24) is 9.66 Å². The normalized spacial score (nSPS) is 12.9. The number of thioether (sulfide) groups is 1. The largest absolute Gasteiger partial charge is 0.334 e. The van der Waals surface area contributed by atoms with E-state index in [1.165, 1.54) is 17.5 Å². The number of aryl methyl sites for hydroxylation is 2. The van der Waals surface area contributed by atoms with E-state index in [-0.39, 0.29) is 17.2 Å². The Kier molecular flexibility index (Phi) is 4.38. The number of nitrogen functional groups attached to an aromatic ring is 1. The third kappa shape index (κ3) is 3.17. The molecule has 0 fully saturated rings. The number of hydrogen-bond donors (Lipinski definition) is 2. The maximum Gasteiger partial charge on any atom is 0.280 e. The van der Waals surface area contributed by atoms with E-state index in [1.807, 2.05) is 18.2 Å². The molecule has 0 spiro atoms. The second kappa shape index (κ2) is 6.84. The quantitative estimate of drug-likeness (QED) is 0.420. The van der Waals surface area contributed by atoms with E-state index in [0.717, 1.165) is 35.0 Å². The van der Waals surface area contributed by atoms with Gasteiger partial charge in [-0.05, 0) is 54.7 Å². The average molecular weight is 366 g/mol. The van der Waals surface area contributed by atoms with Crippen molar-refractivity contribution in [3.63, 3.8) is 0 Å². The molecule has 0 atom stereocenters. The zero-order valence-electron chi connectivity index (χ0n) is 14.1. The monoisotopic (exact) mass is 366 g/mol. The fraction of sp³-hybridized carbons (Fsp3) is 0.211. The van der Waals surface area contributed by atoms with Gasteiger partial charge in [0.25, 0.3) is 5.56 Å². The van der Waals surface area contributed by atoms with E-state index in [4.69, 9.17) is 5.84 Å². The van der Waals surface area contributed by atoms with Crippen molar-refractivity contribution in [2.45, 2.75) is 24.4 Å². The molecule has 0 aliphatic heterocycles. The van der Waals surface area contributed by atoms with E-state index in [1.54, 1.807) is 18.2 Å². The van der Waals surface area contributed by atoms with Gasteiger partial charge in [-0.3, -0.25) is 9.59 Å². The van der Waals surface area contributed by atoms with Crippen LogP contribution in [0.3, 0.4) is 0 Å². The lowest BCUT2D eigenvalue weighted by atomic mass is 10.1. The van der Waals surface area contributed by atoms with Crippen LogP contribution in [0.5, 0.6) is 0 Å². The molecule has 2 aromatic carbocycles. The highest BCUT2D eigenvalue weighted by Crippen LogP contribution is 2.25. The Labute approximate surface area is 154 Å². The lowest BCUT2D eigenvalue weighted by Crippen LogP contribution is -2.30. The zero-order valence-corrected chi connectivity index (χ0v) is 14.9. The van der Waals surface area contributed by atoms with Crippen molar-refractivity contribution >= 4 is 34.3 Å². The fourth-order valence-corrected chi connectivity index (χ4v) is 3.92. The Hall–Kier alpha value is -2.80. The molecule has 132 valence electrons. The Morgan fingerprint density at radius 2 is 2.00 bits per heavy atom. The number of hydrogen-bond acceptors (Lipinski definition) is 5. The third-order valence-corrected chi connectivity index (χ3v) is 5.44. The Balaban J connectivity index is 1.47. The first-order chi connectivity index (χ1) is 12.6. The van der Waals surface area contributed by atoms with Crippen molar-refractivity contribution in [3.05, 3.63) is 63.9 Å². The van der Waals surface area contributed by atoms with Crippen LogP contribution in [0.2, 0.25) is 0 Å². The number of nitrogens with two attached hydrogens (primary N) is 1.